The lowest BCUT2D eigenvalue weighted by Crippen LogP contribution is -2.32. The Morgan fingerprint density at radius 2 is 2.04 bits per heavy atom. The molecule has 1 aromatic carbocycles. The molecule has 0 saturated heterocycles. The van der Waals surface area contributed by atoms with Crippen molar-refractivity contribution in [3.63, 3.8) is 0 Å². The van der Waals surface area contributed by atoms with Crippen LogP contribution in [0.2, 0.25) is 5.02 Å². The minimum Gasteiger partial charge on any atom is -0.316 e. The van der Waals surface area contributed by atoms with Gasteiger partial charge in [0.25, 0.3) is 0 Å². The van der Waals surface area contributed by atoms with Crippen LogP contribution in [-0.2, 0) is 11.8 Å². The Kier molecular flexibility index (Phi) is 6.38. The minimum absolute atomic E-state index is 0.127. The number of hydrogen-bond donors (Lipinski definition) is 0. The summed E-state index contributed by atoms with van der Waals surface area (Å²) in [6.45, 7) is 2.74. The summed E-state index contributed by atoms with van der Waals surface area (Å²) in [5, 5.41) is 9.92. The van der Waals surface area contributed by atoms with Gasteiger partial charge in [-0.3, -0.25) is 4.79 Å². The van der Waals surface area contributed by atoms with Gasteiger partial charge in [0, 0.05) is 29.9 Å². The summed E-state index contributed by atoms with van der Waals surface area (Å²) < 4.78 is 1.91. The quantitative estimate of drug-likeness (QED) is 0.680. The van der Waals surface area contributed by atoms with Gasteiger partial charge in [-0.05, 0) is 56.9 Å². The number of benzene rings is 1. The molecule has 1 amide bonds. The summed E-state index contributed by atoms with van der Waals surface area (Å²) in [4.78, 5) is 14.6. The van der Waals surface area contributed by atoms with E-state index in [1.165, 1.54) is 23.9 Å². The zero-order chi connectivity index (χ0) is 18.5. The van der Waals surface area contributed by atoms with Crippen molar-refractivity contribution in [2.45, 2.75) is 37.8 Å². The van der Waals surface area contributed by atoms with E-state index < -0.39 is 0 Å². The van der Waals surface area contributed by atoms with Crippen molar-refractivity contribution >= 4 is 29.3 Å². The van der Waals surface area contributed by atoms with Gasteiger partial charge in [-0.2, -0.15) is 0 Å². The van der Waals surface area contributed by atoms with Crippen molar-refractivity contribution in [2.24, 2.45) is 7.05 Å². The van der Waals surface area contributed by atoms with E-state index in [-0.39, 0.29) is 5.91 Å². The number of allylic oxidation sites excluding steroid dienone is 2. The maximum atomic E-state index is 12.7. The molecular formula is C19H23ClN4OS. The third kappa shape index (κ3) is 4.30. The standard InChI is InChI=1S/C19H23ClN4OS/c1-3-24(16-7-5-4-6-8-16)17(25)13-26-19-22-21-18(23(19)2)14-9-11-15(20)12-10-14/h7,9-12H,3-6,8,13H2,1-2H3. The number of halogens is 1. The number of carbonyl (C=O) groups excluding carboxylic acids is 1. The molecule has 1 aliphatic rings. The molecule has 0 spiro atoms. The van der Waals surface area contributed by atoms with E-state index in [0.29, 0.717) is 17.3 Å². The smallest absolute Gasteiger partial charge is 0.237 e. The first-order valence-electron chi connectivity index (χ1n) is 8.87. The molecule has 0 bridgehead atoms. The van der Waals surface area contributed by atoms with Crippen LogP contribution in [0.5, 0.6) is 0 Å². The van der Waals surface area contributed by atoms with Gasteiger partial charge in [-0.15, -0.1) is 10.2 Å². The van der Waals surface area contributed by atoms with Gasteiger partial charge in [-0.25, -0.2) is 0 Å². The highest BCUT2D eigenvalue weighted by molar-refractivity contribution is 7.99. The average molecular weight is 391 g/mol. The number of aromatic nitrogens is 3. The van der Waals surface area contributed by atoms with E-state index >= 15 is 0 Å². The number of rotatable bonds is 6. The van der Waals surface area contributed by atoms with Gasteiger partial charge >= 0.3 is 0 Å². The Morgan fingerprint density at radius 1 is 1.27 bits per heavy atom. The molecule has 138 valence electrons. The van der Waals surface area contributed by atoms with Crippen molar-refractivity contribution in [1.82, 2.24) is 19.7 Å². The van der Waals surface area contributed by atoms with Crippen LogP contribution in [0.1, 0.15) is 32.6 Å². The van der Waals surface area contributed by atoms with Crippen LogP contribution in [0.3, 0.4) is 0 Å². The van der Waals surface area contributed by atoms with E-state index in [1.54, 1.807) is 0 Å². The Balaban J connectivity index is 1.67. The topological polar surface area (TPSA) is 51.0 Å². The van der Waals surface area contributed by atoms with Crippen molar-refractivity contribution in [1.29, 1.82) is 0 Å². The Labute approximate surface area is 163 Å². The van der Waals surface area contributed by atoms with Crippen molar-refractivity contribution in [2.75, 3.05) is 12.3 Å². The highest BCUT2D eigenvalue weighted by Gasteiger charge is 2.19. The molecule has 0 saturated carbocycles. The molecule has 1 heterocycles. The van der Waals surface area contributed by atoms with Crippen LogP contribution in [0.4, 0.5) is 0 Å². The highest BCUT2D eigenvalue weighted by atomic mass is 35.5. The molecule has 3 rings (SSSR count). The van der Waals surface area contributed by atoms with Gasteiger partial charge in [0.15, 0.2) is 11.0 Å². The first-order valence-corrected chi connectivity index (χ1v) is 10.2. The van der Waals surface area contributed by atoms with Crippen LogP contribution in [-0.4, -0.2) is 37.9 Å². The van der Waals surface area contributed by atoms with E-state index in [1.807, 2.05) is 47.7 Å². The zero-order valence-electron chi connectivity index (χ0n) is 15.1. The lowest BCUT2D eigenvalue weighted by Gasteiger charge is -2.26. The molecule has 0 aliphatic heterocycles. The molecule has 5 nitrogen and oxygen atoms in total. The number of hydrogen-bond acceptors (Lipinski definition) is 4. The number of nitrogens with zero attached hydrogens (tertiary/aromatic N) is 4. The third-order valence-electron chi connectivity index (χ3n) is 4.49. The molecule has 0 radical (unpaired) electrons. The van der Waals surface area contributed by atoms with E-state index in [4.69, 9.17) is 11.6 Å². The van der Waals surface area contributed by atoms with E-state index in [0.717, 1.165) is 35.8 Å². The molecule has 0 atom stereocenters. The van der Waals surface area contributed by atoms with Crippen LogP contribution in [0.25, 0.3) is 11.4 Å². The van der Waals surface area contributed by atoms with E-state index in [9.17, 15) is 4.79 Å². The SMILES string of the molecule is CCN(C(=O)CSc1nnc(-c2ccc(Cl)cc2)n1C)C1=CCCCC1. The number of amides is 1. The van der Waals surface area contributed by atoms with Gasteiger partial charge in [0.2, 0.25) is 5.91 Å². The first kappa shape index (κ1) is 19.0. The van der Waals surface area contributed by atoms with E-state index in [2.05, 4.69) is 16.3 Å². The van der Waals surface area contributed by atoms with Gasteiger partial charge in [0.1, 0.15) is 0 Å². The van der Waals surface area contributed by atoms with Crippen LogP contribution in [0.15, 0.2) is 41.2 Å². The molecule has 1 aromatic heterocycles. The highest BCUT2D eigenvalue weighted by Crippen LogP contribution is 2.25. The number of carbonyl (C=O) groups is 1. The maximum Gasteiger partial charge on any atom is 0.237 e. The molecular weight excluding hydrogens is 368 g/mol. The second-order valence-electron chi connectivity index (χ2n) is 6.24. The second-order valence-corrected chi connectivity index (χ2v) is 7.62. The predicted molar refractivity (Wildman–Crippen MR) is 106 cm³/mol. The summed E-state index contributed by atoms with van der Waals surface area (Å²) in [6, 6.07) is 7.50. The Morgan fingerprint density at radius 3 is 2.69 bits per heavy atom. The summed E-state index contributed by atoms with van der Waals surface area (Å²) in [5.41, 5.74) is 2.12. The zero-order valence-corrected chi connectivity index (χ0v) is 16.7. The first-order chi connectivity index (χ1) is 12.6. The maximum absolute atomic E-state index is 12.7. The predicted octanol–water partition coefficient (Wildman–Crippen LogP) is 4.53. The number of thioether (sulfide) groups is 1. The van der Waals surface area contributed by atoms with Crippen LogP contribution < -0.4 is 0 Å². The fourth-order valence-electron chi connectivity index (χ4n) is 3.10. The van der Waals surface area contributed by atoms with Crippen LogP contribution >= 0.6 is 23.4 Å². The minimum atomic E-state index is 0.127. The van der Waals surface area contributed by atoms with Gasteiger partial charge < -0.3 is 9.47 Å². The molecule has 0 unspecified atom stereocenters. The van der Waals surface area contributed by atoms with Gasteiger partial charge in [-0.1, -0.05) is 29.4 Å². The monoisotopic (exact) mass is 390 g/mol. The van der Waals surface area contributed by atoms with Crippen LogP contribution in [0, 0.1) is 0 Å². The Hall–Kier alpha value is -1.79. The largest absolute Gasteiger partial charge is 0.316 e. The summed E-state index contributed by atoms with van der Waals surface area (Å²) >= 11 is 7.37. The van der Waals surface area contributed by atoms with Gasteiger partial charge in [0.05, 0.1) is 5.75 Å². The van der Waals surface area contributed by atoms with Crippen molar-refractivity contribution in [3.8, 4) is 11.4 Å². The molecule has 0 N–H and O–H groups in total. The summed E-state index contributed by atoms with van der Waals surface area (Å²) in [5.74, 6) is 1.25. The lowest BCUT2D eigenvalue weighted by atomic mass is 10.0. The average Bonchev–Trinajstić information content (AvgIpc) is 3.03. The molecule has 0 fully saturated rings. The Bertz CT molecular complexity index is 800. The molecule has 7 heteroatoms. The fraction of sp³-hybridized carbons (Fsp3) is 0.421. The summed E-state index contributed by atoms with van der Waals surface area (Å²) in [6.07, 6.45) is 6.65. The third-order valence-corrected chi connectivity index (χ3v) is 5.75. The normalized spacial score (nSPS) is 14.2. The molecule has 2 aromatic rings. The fourth-order valence-corrected chi connectivity index (χ4v) is 4.01. The lowest BCUT2D eigenvalue weighted by molar-refractivity contribution is -0.126. The van der Waals surface area contributed by atoms with Crippen molar-refractivity contribution < 1.29 is 4.79 Å². The van der Waals surface area contributed by atoms with Crippen molar-refractivity contribution in [3.05, 3.63) is 41.1 Å². The molecule has 1 aliphatic carbocycles. The molecule has 26 heavy (non-hydrogen) atoms. The summed E-state index contributed by atoms with van der Waals surface area (Å²) in [7, 11) is 1.91. The second kappa shape index (κ2) is 8.73.